The molecular weight excluding hydrogens is 204 g/mol. The summed E-state index contributed by atoms with van der Waals surface area (Å²) in [4.78, 5) is 11.2. The third-order valence-electron chi connectivity index (χ3n) is 1.83. The van der Waals surface area contributed by atoms with Gasteiger partial charge in [-0.25, -0.2) is 0 Å². The van der Waals surface area contributed by atoms with E-state index in [0.29, 0.717) is 12.5 Å². The number of carbonyl (C=O) groups excluding carboxylic acids is 1. The van der Waals surface area contributed by atoms with Gasteiger partial charge in [0.15, 0.2) is 0 Å². The van der Waals surface area contributed by atoms with Crippen LogP contribution in [0.25, 0.3) is 0 Å². The standard InChI is InChI=1S/C12H26N2O2/c1-10(2)9-16-7-5-6-13-8-12(15)14-11(3)4/h10-11,13H,5-9H2,1-4H3,(H,14,15). The van der Waals surface area contributed by atoms with Crippen molar-refractivity contribution >= 4 is 5.91 Å². The van der Waals surface area contributed by atoms with Crippen LogP contribution in [-0.4, -0.2) is 38.3 Å². The Kier molecular flexibility index (Phi) is 9.24. The number of hydrogen-bond donors (Lipinski definition) is 2. The highest BCUT2D eigenvalue weighted by atomic mass is 16.5. The maximum Gasteiger partial charge on any atom is 0.234 e. The highest BCUT2D eigenvalue weighted by Crippen LogP contribution is 1.92. The summed E-state index contributed by atoms with van der Waals surface area (Å²) in [6.07, 6.45) is 0.946. The van der Waals surface area contributed by atoms with Crippen LogP contribution in [0.2, 0.25) is 0 Å². The molecule has 0 aromatic heterocycles. The Morgan fingerprint density at radius 2 is 1.94 bits per heavy atom. The summed E-state index contributed by atoms with van der Waals surface area (Å²) in [7, 11) is 0. The minimum absolute atomic E-state index is 0.0538. The average Bonchev–Trinajstić information content (AvgIpc) is 2.14. The van der Waals surface area contributed by atoms with E-state index in [2.05, 4.69) is 24.5 Å². The van der Waals surface area contributed by atoms with Gasteiger partial charge in [-0.05, 0) is 32.7 Å². The molecule has 0 aromatic carbocycles. The van der Waals surface area contributed by atoms with Crippen LogP contribution in [0.4, 0.5) is 0 Å². The Balaban J connectivity index is 3.18. The Bertz CT molecular complexity index is 182. The third-order valence-corrected chi connectivity index (χ3v) is 1.83. The molecule has 0 saturated carbocycles. The second-order valence-electron chi connectivity index (χ2n) is 4.72. The molecule has 2 N–H and O–H groups in total. The molecule has 0 saturated heterocycles. The van der Waals surface area contributed by atoms with Crippen LogP contribution in [0, 0.1) is 5.92 Å². The van der Waals surface area contributed by atoms with Crippen molar-refractivity contribution in [1.29, 1.82) is 0 Å². The zero-order chi connectivity index (χ0) is 12.4. The lowest BCUT2D eigenvalue weighted by Gasteiger charge is -2.09. The molecule has 0 radical (unpaired) electrons. The van der Waals surface area contributed by atoms with Gasteiger partial charge in [-0.1, -0.05) is 13.8 Å². The van der Waals surface area contributed by atoms with Crippen LogP contribution in [0.3, 0.4) is 0 Å². The molecule has 0 aromatic rings. The van der Waals surface area contributed by atoms with Crippen molar-refractivity contribution in [2.45, 2.75) is 40.2 Å². The van der Waals surface area contributed by atoms with Crippen molar-refractivity contribution < 1.29 is 9.53 Å². The molecule has 0 bridgehead atoms. The van der Waals surface area contributed by atoms with E-state index in [1.807, 2.05) is 13.8 Å². The van der Waals surface area contributed by atoms with Gasteiger partial charge in [-0.2, -0.15) is 0 Å². The van der Waals surface area contributed by atoms with E-state index in [1.165, 1.54) is 0 Å². The number of hydrogen-bond acceptors (Lipinski definition) is 3. The first kappa shape index (κ1) is 15.4. The summed E-state index contributed by atoms with van der Waals surface area (Å²) in [6, 6.07) is 0.212. The van der Waals surface area contributed by atoms with Crippen LogP contribution >= 0.6 is 0 Å². The summed E-state index contributed by atoms with van der Waals surface area (Å²) in [5, 5.41) is 5.91. The van der Waals surface area contributed by atoms with Crippen LogP contribution in [0.1, 0.15) is 34.1 Å². The van der Waals surface area contributed by atoms with Gasteiger partial charge in [0.25, 0.3) is 0 Å². The average molecular weight is 230 g/mol. The summed E-state index contributed by atoms with van der Waals surface area (Å²) in [6.45, 7) is 11.0. The lowest BCUT2D eigenvalue weighted by atomic mass is 10.2. The van der Waals surface area contributed by atoms with E-state index >= 15 is 0 Å². The molecule has 1 amide bonds. The number of carbonyl (C=O) groups is 1. The van der Waals surface area contributed by atoms with Crippen molar-refractivity contribution in [1.82, 2.24) is 10.6 Å². The fourth-order valence-electron chi connectivity index (χ4n) is 1.19. The number of nitrogens with one attached hydrogen (secondary N) is 2. The van der Waals surface area contributed by atoms with Gasteiger partial charge in [0, 0.05) is 19.3 Å². The first-order valence-electron chi connectivity index (χ1n) is 6.10. The van der Waals surface area contributed by atoms with Crippen LogP contribution in [0.5, 0.6) is 0 Å². The van der Waals surface area contributed by atoms with Crippen molar-refractivity contribution in [3.8, 4) is 0 Å². The number of rotatable bonds is 9. The minimum atomic E-state index is 0.0538. The first-order chi connectivity index (χ1) is 7.52. The SMILES string of the molecule is CC(C)COCCCNCC(=O)NC(C)C. The molecule has 0 aliphatic heterocycles. The zero-order valence-electron chi connectivity index (χ0n) is 11.0. The van der Waals surface area contributed by atoms with Gasteiger partial charge >= 0.3 is 0 Å². The minimum Gasteiger partial charge on any atom is -0.381 e. The fraction of sp³-hybridized carbons (Fsp3) is 0.917. The summed E-state index contributed by atoms with van der Waals surface area (Å²) in [5.74, 6) is 0.642. The lowest BCUT2D eigenvalue weighted by molar-refractivity contribution is -0.120. The van der Waals surface area contributed by atoms with Gasteiger partial charge in [-0.3, -0.25) is 4.79 Å². The van der Waals surface area contributed by atoms with Crippen LogP contribution < -0.4 is 10.6 Å². The maximum atomic E-state index is 11.2. The van der Waals surface area contributed by atoms with Crippen molar-refractivity contribution in [3.63, 3.8) is 0 Å². The summed E-state index contributed by atoms with van der Waals surface area (Å²) in [5.41, 5.74) is 0. The Morgan fingerprint density at radius 1 is 1.25 bits per heavy atom. The van der Waals surface area contributed by atoms with E-state index < -0.39 is 0 Å². The molecule has 16 heavy (non-hydrogen) atoms. The molecule has 96 valence electrons. The highest BCUT2D eigenvalue weighted by Gasteiger charge is 2.01. The molecule has 0 fully saturated rings. The van der Waals surface area contributed by atoms with Gasteiger partial charge in [0.2, 0.25) is 5.91 Å². The van der Waals surface area contributed by atoms with Crippen molar-refractivity contribution in [2.24, 2.45) is 5.92 Å². The molecule has 4 nitrogen and oxygen atoms in total. The fourth-order valence-corrected chi connectivity index (χ4v) is 1.19. The smallest absolute Gasteiger partial charge is 0.234 e. The van der Waals surface area contributed by atoms with Crippen molar-refractivity contribution in [2.75, 3.05) is 26.3 Å². The van der Waals surface area contributed by atoms with E-state index in [4.69, 9.17) is 4.74 Å². The van der Waals surface area contributed by atoms with Crippen LogP contribution in [0.15, 0.2) is 0 Å². The molecule has 0 aliphatic rings. The predicted octanol–water partition coefficient (Wildman–Crippen LogP) is 1.16. The van der Waals surface area contributed by atoms with Gasteiger partial charge in [0.1, 0.15) is 0 Å². The molecule has 0 aliphatic carbocycles. The predicted molar refractivity (Wildman–Crippen MR) is 66.4 cm³/mol. The Morgan fingerprint density at radius 3 is 2.50 bits per heavy atom. The first-order valence-corrected chi connectivity index (χ1v) is 6.10. The Labute approximate surface area is 99.1 Å². The van der Waals surface area contributed by atoms with E-state index in [-0.39, 0.29) is 11.9 Å². The van der Waals surface area contributed by atoms with Gasteiger partial charge < -0.3 is 15.4 Å². The topological polar surface area (TPSA) is 50.4 Å². The second-order valence-corrected chi connectivity index (χ2v) is 4.72. The van der Waals surface area contributed by atoms with E-state index in [1.54, 1.807) is 0 Å². The summed E-state index contributed by atoms with van der Waals surface area (Å²) >= 11 is 0. The maximum absolute atomic E-state index is 11.2. The molecule has 0 rings (SSSR count). The molecule has 0 heterocycles. The highest BCUT2D eigenvalue weighted by molar-refractivity contribution is 5.78. The second kappa shape index (κ2) is 9.60. The quantitative estimate of drug-likeness (QED) is 0.584. The normalized spacial score (nSPS) is 11.1. The van der Waals surface area contributed by atoms with Crippen molar-refractivity contribution in [3.05, 3.63) is 0 Å². The number of ether oxygens (including phenoxy) is 1. The monoisotopic (exact) mass is 230 g/mol. The zero-order valence-corrected chi connectivity index (χ0v) is 11.0. The van der Waals surface area contributed by atoms with E-state index in [9.17, 15) is 4.79 Å². The molecule has 0 spiro atoms. The lowest BCUT2D eigenvalue weighted by Crippen LogP contribution is -2.38. The van der Waals surface area contributed by atoms with Gasteiger partial charge in [-0.15, -0.1) is 0 Å². The molecular formula is C12H26N2O2. The third kappa shape index (κ3) is 11.5. The molecule has 0 atom stereocenters. The summed E-state index contributed by atoms with van der Waals surface area (Å²) < 4.78 is 5.43. The Hall–Kier alpha value is -0.610. The molecule has 4 heteroatoms. The van der Waals surface area contributed by atoms with Crippen LogP contribution in [-0.2, 0) is 9.53 Å². The molecule has 0 unspecified atom stereocenters. The van der Waals surface area contributed by atoms with E-state index in [0.717, 1.165) is 26.2 Å². The van der Waals surface area contributed by atoms with Gasteiger partial charge in [0.05, 0.1) is 6.54 Å². The largest absolute Gasteiger partial charge is 0.381 e. The number of amides is 1.